The maximum atomic E-state index is 12.6. The van der Waals surface area contributed by atoms with Gasteiger partial charge in [-0.3, -0.25) is 14.2 Å². The van der Waals surface area contributed by atoms with E-state index in [2.05, 4.69) is 20.8 Å². The zero-order valence-electron chi connectivity index (χ0n) is 20.1. The highest BCUT2D eigenvalue weighted by molar-refractivity contribution is 7.99. The summed E-state index contributed by atoms with van der Waals surface area (Å²) in [6, 6.07) is 24.4. The van der Waals surface area contributed by atoms with Crippen LogP contribution in [0.1, 0.15) is 30.0 Å². The number of nitrogens with zero attached hydrogens (tertiary/aromatic N) is 3. The lowest BCUT2D eigenvalue weighted by Crippen LogP contribution is -2.15. The second kappa shape index (κ2) is 12.0. The summed E-state index contributed by atoms with van der Waals surface area (Å²) in [5.74, 6) is 1.51. The molecule has 0 bridgehead atoms. The van der Waals surface area contributed by atoms with E-state index in [0.717, 1.165) is 22.9 Å². The molecule has 4 rings (SSSR count). The van der Waals surface area contributed by atoms with Gasteiger partial charge in [0.25, 0.3) is 0 Å². The van der Waals surface area contributed by atoms with Crippen molar-refractivity contribution in [2.75, 3.05) is 23.0 Å². The fourth-order valence-corrected chi connectivity index (χ4v) is 4.25. The number of anilines is 2. The summed E-state index contributed by atoms with van der Waals surface area (Å²) in [6.07, 6.45) is 0. The molecule has 1 heterocycles. The van der Waals surface area contributed by atoms with E-state index in [9.17, 15) is 9.59 Å². The maximum Gasteiger partial charge on any atom is 0.234 e. The Kier molecular flexibility index (Phi) is 8.36. The Morgan fingerprint density at radius 2 is 1.61 bits per heavy atom. The van der Waals surface area contributed by atoms with Crippen LogP contribution < -0.4 is 15.4 Å². The van der Waals surface area contributed by atoms with E-state index in [1.807, 2.05) is 66.1 Å². The molecule has 0 radical (unpaired) electrons. The molecule has 8 nitrogen and oxygen atoms in total. The lowest BCUT2D eigenvalue weighted by molar-refractivity contribution is -0.113. The van der Waals surface area contributed by atoms with Gasteiger partial charge in [-0.2, -0.15) is 0 Å². The van der Waals surface area contributed by atoms with Crippen LogP contribution in [0.15, 0.2) is 84.0 Å². The number of rotatable bonds is 11. The lowest BCUT2D eigenvalue weighted by atomic mass is 10.1. The zero-order valence-corrected chi connectivity index (χ0v) is 20.9. The van der Waals surface area contributed by atoms with E-state index in [4.69, 9.17) is 4.74 Å². The fourth-order valence-electron chi connectivity index (χ4n) is 3.48. The molecule has 0 aliphatic carbocycles. The summed E-state index contributed by atoms with van der Waals surface area (Å²) < 4.78 is 7.44. The van der Waals surface area contributed by atoms with Crippen molar-refractivity contribution in [3.05, 3.63) is 90.3 Å². The summed E-state index contributed by atoms with van der Waals surface area (Å²) in [5.41, 5.74) is 3.08. The van der Waals surface area contributed by atoms with E-state index in [-0.39, 0.29) is 17.4 Å². The fraction of sp³-hybridized carbons (Fsp3) is 0.185. The molecule has 3 aromatic carbocycles. The highest BCUT2D eigenvalue weighted by Crippen LogP contribution is 2.23. The number of carbonyl (C=O) groups is 2. The Bertz CT molecular complexity index is 1310. The molecule has 9 heteroatoms. The number of benzene rings is 3. The SMILES string of the molecule is CCOc1ccc(NCc2nnc(SCC(=O)Nc3ccc(C(C)=O)cc3)n2-c2ccccc2)cc1. The molecule has 0 spiro atoms. The van der Waals surface area contributed by atoms with Gasteiger partial charge in [-0.05, 0) is 74.5 Å². The van der Waals surface area contributed by atoms with Gasteiger partial charge in [-0.15, -0.1) is 10.2 Å². The van der Waals surface area contributed by atoms with Crippen molar-refractivity contribution in [1.29, 1.82) is 0 Å². The quantitative estimate of drug-likeness (QED) is 0.215. The van der Waals surface area contributed by atoms with Gasteiger partial charge >= 0.3 is 0 Å². The average molecular weight is 502 g/mol. The number of Topliss-reactive ketones (excluding diaryl/α,β-unsaturated/α-hetero) is 1. The summed E-state index contributed by atoms with van der Waals surface area (Å²) >= 11 is 1.31. The summed E-state index contributed by atoms with van der Waals surface area (Å²) in [7, 11) is 0. The lowest BCUT2D eigenvalue weighted by Gasteiger charge is -2.12. The third-order valence-corrected chi connectivity index (χ3v) is 6.17. The number of aromatic nitrogens is 3. The first-order valence-corrected chi connectivity index (χ1v) is 12.5. The molecule has 4 aromatic rings. The second-order valence-electron chi connectivity index (χ2n) is 7.85. The molecule has 184 valence electrons. The van der Waals surface area contributed by atoms with Gasteiger partial charge in [0.1, 0.15) is 5.75 Å². The Labute approximate surface area is 214 Å². The molecule has 36 heavy (non-hydrogen) atoms. The number of amides is 1. The maximum absolute atomic E-state index is 12.6. The van der Waals surface area contributed by atoms with Gasteiger partial charge in [0.05, 0.1) is 18.9 Å². The van der Waals surface area contributed by atoms with Crippen molar-refractivity contribution >= 4 is 34.8 Å². The van der Waals surface area contributed by atoms with Crippen molar-refractivity contribution in [3.63, 3.8) is 0 Å². The first kappa shape index (κ1) is 25.0. The number of ketones is 1. The number of nitrogens with one attached hydrogen (secondary N) is 2. The van der Waals surface area contributed by atoms with Gasteiger partial charge < -0.3 is 15.4 Å². The van der Waals surface area contributed by atoms with Crippen molar-refractivity contribution in [2.24, 2.45) is 0 Å². The monoisotopic (exact) mass is 501 g/mol. The van der Waals surface area contributed by atoms with Crippen LogP contribution in [0.3, 0.4) is 0 Å². The molecule has 2 N–H and O–H groups in total. The normalized spacial score (nSPS) is 10.6. The van der Waals surface area contributed by atoms with Gasteiger partial charge in [0.15, 0.2) is 16.8 Å². The second-order valence-corrected chi connectivity index (χ2v) is 8.79. The van der Waals surface area contributed by atoms with Crippen LogP contribution >= 0.6 is 11.8 Å². The van der Waals surface area contributed by atoms with E-state index >= 15 is 0 Å². The van der Waals surface area contributed by atoms with Gasteiger partial charge in [-0.1, -0.05) is 30.0 Å². The van der Waals surface area contributed by atoms with Crippen LogP contribution in [0.2, 0.25) is 0 Å². The minimum Gasteiger partial charge on any atom is -0.494 e. The minimum atomic E-state index is -0.174. The minimum absolute atomic E-state index is 0.0171. The number of thioether (sulfide) groups is 1. The van der Waals surface area contributed by atoms with Crippen LogP contribution in [-0.2, 0) is 11.3 Å². The van der Waals surface area contributed by atoms with Crippen LogP contribution in [0.4, 0.5) is 11.4 Å². The molecule has 0 saturated carbocycles. The summed E-state index contributed by atoms with van der Waals surface area (Å²) in [4.78, 5) is 24.0. The van der Waals surface area contributed by atoms with Crippen molar-refractivity contribution < 1.29 is 14.3 Å². The molecule has 0 atom stereocenters. The number of hydrogen-bond donors (Lipinski definition) is 2. The smallest absolute Gasteiger partial charge is 0.234 e. The Morgan fingerprint density at radius 3 is 2.28 bits per heavy atom. The molecule has 0 saturated heterocycles. The highest BCUT2D eigenvalue weighted by Gasteiger charge is 2.16. The van der Waals surface area contributed by atoms with Gasteiger partial charge in [0, 0.05) is 22.6 Å². The van der Waals surface area contributed by atoms with Crippen LogP contribution in [0.5, 0.6) is 5.75 Å². The Hall–Kier alpha value is -4.11. The van der Waals surface area contributed by atoms with Crippen molar-refractivity contribution in [2.45, 2.75) is 25.5 Å². The summed E-state index contributed by atoms with van der Waals surface area (Å²) in [6.45, 7) is 4.53. The molecule has 1 aromatic heterocycles. The third kappa shape index (κ3) is 6.51. The van der Waals surface area contributed by atoms with Gasteiger partial charge in [0.2, 0.25) is 5.91 Å². The van der Waals surface area contributed by atoms with E-state index in [1.165, 1.54) is 18.7 Å². The molecule has 1 amide bonds. The topological polar surface area (TPSA) is 98.1 Å². The van der Waals surface area contributed by atoms with E-state index < -0.39 is 0 Å². The average Bonchev–Trinajstić information content (AvgIpc) is 3.31. The molecule has 0 aliphatic heterocycles. The Morgan fingerprint density at radius 1 is 0.917 bits per heavy atom. The molecular formula is C27H27N5O3S. The Balaban J connectivity index is 1.44. The first-order chi connectivity index (χ1) is 17.5. The first-order valence-electron chi connectivity index (χ1n) is 11.5. The number of ether oxygens (including phenoxy) is 1. The molecule has 0 fully saturated rings. The predicted octanol–water partition coefficient (Wildman–Crippen LogP) is 5.21. The third-order valence-electron chi connectivity index (χ3n) is 5.24. The number of carbonyl (C=O) groups excluding carboxylic acids is 2. The number of para-hydroxylation sites is 1. The zero-order chi connectivity index (χ0) is 25.3. The van der Waals surface area contributed by atoms with Gasteiger partial charge in [-0.25, -0.2) is 0 Å². The van der Waals surface area contributed by atoms with Crippen LogP contribution in [-0.4, -0.2) is 38.8 Å². The van der Waals surface area contributed by atoms with Crippen molar-refractivity contribution in [1.82, 2.24) is 14.8 Å². The standard InChI is InChI=1S/C27H27N5O3S/c1-3-35-24-15-13-21(14-16-24)28-17-25-30-31-27(32(25)23-7-5-4-6-8-23)36-18-26(34)29-22-11-9-20(10-12-22)19(2)33/h4-16,28H,3,17-18H2,1-2H3,(H,29,34). The largest absolute Gasteiger partial charge is 0.494 e. The van der Waals surface area contributed by atoms with E-state index in [0.29, 0.717) is 29.6 Å². The molecule has 0 aliphatic rings. The number of hydrogen-bond acceptors (Lipinski definition) is 7. The highest BCUT2D eigenvalue weighted by atomic mass is 32.2. The molecular weight excluding hydrogens is 474 g/mol. The van der Waals surface area contributed by atoms with Crippen LogP contribution in [0.25, 0.3) is 5.69 Å². The van der Waals surface area contributed by atoms with Crippen molar-refractivity contribution in [3.8, 4) is 11.4 Å². The van der Waals surface area contributed by atoms with E-state index in [1.54, 1.807) is 24.3 Å². The molecule has 0 unspecified atom stereocenters. The predicted molar refractivity (Wildman–Crippen MR) is 142 cm³/mol. The summed E-state index contributed by atoms with van der Waals surface area (Å²) in [5, 5.41) is 15.6. The van der Waals surface area contributed by atoms with Crippen LogP contribution in [0, 0.1) is 0 Å².